The molecule has 0 bridgehead atoms. The molecule has 0 saturated carbocycles. The second-order valence-electron chi connectivity index (χ2n) is 6.69. The van der Waals surface area contributed by atoms with Crippen LogP contribution in [0.1, 0.15) is 27.9 Å². The number of carbonyl (C=O) groups excluding carboxylic acids is 2. The molecule has 0 spiro atoms. The summed E-state index contributed by atoms with van der Waals surface area (Å²) >= 11 is 1.86. The van der Waals surface area contributed by atoms with E-state index in [-0.39, 0.29) is 17.9 Å². The number of rotatable bonds is 6. The van der Waals surface area contributed by atoms with E-state index in [1.54, 1.807) is 18.2 Å². The molecule has 3 rings (SSSR count). The van der Waals surface area contributed by atoms with Gasteiger partial charge in [0.2, 0.25) is 5.91 Å². The third kappa shape index (κ3) is 5.84. The van der Waals surface area contributed by atoms with Crippen LogP contribution in [-0.2, 0) is 11.3 Å². The summed E-state index contributed by atoms with van der Waals surface area (Å²) in [4.78, 5) is 25.0. The predicted octanol–water partition coefficient (Wildman–Crippen LogP) is 2.96. The van der Waals surface area contributed by atoms with E-state index in [9.17, 15) is 9.59 Å². The Morgan fingerprint density at radius 3 is 2.67 bits per heavy atom. The highest BCUT2D eigenvalue weighted by Crippen LogP contribution is 2.17. The van der Waals surface area contributed by atoms with Gasteiger partial charge in [-0.15, -0.1) is 0 Å². The fourth-order valence-electron chi connectivity index (χ4n) is 2.95. The molecule has 2 amide bonds. The van der Waals surface area contributed by atoms with Crippen LogP contribution in [0.4, 0.5) is 5.69 Å². The molecule has 0 aromatic heterocycles. The van der Waals surface area contributed by atoms with Gasteiger partial charge in [-0.3, -0.25) is 9.59 Å². The average Bonchev–Trinajstić information content (AvgIpc) is 2.68. The molecule has 0 aliphatic carbocycles. The van der Waals surface area contributed by atoms with Crippen LogP contribution < -0.4 is 16.0 Å². The summed E-state index contributed by atoms with van der Waals surface area (Å²) in [5, 5.41) is 9.17. The Bertz CT molecular complexity index is 786. The SMILES string of the molecule is Cc1ccc(CNC(=O)c2ccccc2NC(=O)CC2CSCCN2)cc1. The van der Waals surface area contributed by atoms with Gasteiger partial charge in [0.1, 0.15) is 0 Å². The predicted molar refractivity (Wildman–Crippen MR) is 111 cm³/mol. The Hall–Kier alpha value is -2.31. The van der Waals surface area contributed by atoms with Crippen LogP contribution in [0.15, 0.2) is 48.5 Å². The summed E-state index contributed by atoms with van der Waals surface area (Å²) in [6.45, 7) is 3.41. The van der Waals surface area contributed by atoms with Gasteiger partial charge >= 0.3 is 0 Å². The highest BCUT2D eigenvalue weighted by atomic mass is 32.2. The average molecular weight is 384 g/mol. The van der Waals surface area contributed by atoms with Crippen LogP contribution in [0.25, 0.3) is 0 Å². The Labute approximate surface area is 164 Å². The largest absolute Gasteiger partial charge is 0.348 e. The number of hydrogen-bond acceptors (Lipinski definition) is 4. The van der Waals surface area contributed by atoms with Gasteiger partial charge < -0.3 is 16.0 Å². The molecule has 1 unspecified atom stereocenters. The Balaban J connectivity index is 1.59. The topological polar surface area (TPSA) is 70.2 Å². The standard InChI is InChI=1S/C21H25N3O2S/c1-15-6-8-16(9-7-15)13-23-21(26)18-4-2-3-5-19(18)24-20(25)12-17-14-27-11-10-22-17/h2-9,17,22H,10-14H2,1H3,(H,23,26)(H,24,25). The van der Waals surface area contributed by atoms with E-state index < -0.39 is 0 Å². The number of amides is 2. The van der Waals surface area contributed by atoms with Crippen molar-refractivity contribution in [1.82, 2.24) is 10.6 Å². The van der Waals surface area contributed by atoms with Crippen LogP contribution in [-0.4, -0.2) is 35.9 Å². The summed E-state index contributed by atoms with van der Waals surface area (Å²) in [7, 11) is 0. The van der Waals surface area contributed by atoms with Crippen molar-refractivity contribution in [2.24, 2.45) is 0 Å². The minimum absolute atomic E-state index is 0.0752. The number of hydrogen-bond donors (Lipinski definition) is 3. The van der Waals surface area contributed by atoms with Gasteiger partial charge in [-0.05, 0) is 24.6 Å². The maximum Gasteiger partial charge on any atom is 0.253 e. The molecule has 1 saturated heterocycles. The molecule has 3 N–H and O–H groups in total. The van der Waals surface area contributed by atoms with Crippen molar-refractivity contribution in [3.63, 3.8) is 0 Å². The second kappa shape index (κ2) is 9.58. The van der Waals surface area contributed by atoms with Crippen molar-refractivity contribution < 1.29 is 9.59 Å². The molecule has 142 valence electrons. The monoisotopic (exact) mass is 383 g/mol. The molecular weight excluding hydrogens is 358 g/mol. The van der Waals surface area contributed by atoms with Gasteiger partial charge in [0, 0.05) is 37.1 Å². The highest BCUT2D eigenvalue weighted by Gasteiger charge is 2.18. The lowest BCUT2D eigenvalue weighted by Gasteiger charge is -2.22. The molecule has 27 heavy (non-hydrogen) atoms. The van der Waals surface area contributed by atoms with Gasteiger partial charge in [0.15, 0.2) is 0 Å². The molecule has 2 aromatic carbocycles. The molecule has 5 nitrogen and oxygen atoms in total. The highest BCUT2D eigenvalue weighted by molar-refractivity contribution is 7.99. The van der Waals surface area contributed by atoms with E-state index >= 15 is 0 Å². The minimum atomic E-state index is -0.196. The maximum absolute atomic E-state index is 12.6. The third-order valence-electron chi connectivity index (χ3n) is 4.45. The van der Waals surface area contributed by atoms with Crippen LogP contribution in [0.5, 0.6) is 0 Å². The van der Waals surface area contributed by atoms with Gasteiger partial charge in [0.05, 0.1) is 11.3 Å². The molecule has 1 aliphatic heterocycles. The first kappa shape index (κ1) is 19.5. The fraction of sp³-hybridized carbons (Fsp3) is 0.333. The van der Waals surface area contributed by atoms with E-state index in [0.29, 0.717) is 24.2 Å². The number of thioether (sulfide) groups is 1. The van der Waals surface area contributed by atoms with Crippen molar-refractivity contribution in [3.8, 4) is 0 Å². The summed E-state index contributed by atoms with van der Waals surface area (Å²) in [6.07, 6.45) is 0.409. The van der Waals surface area contributed by atoms with Crippen molar-refractivity contribution in [2.45, 2.75) is 25.9 Å². The summed E-state index contributed by atoms with van der Waals surface area (Å²) in [6, 6.07) is 15.3. The summed E-state index contributed by atoms with van der Waals surface area (Å²) in [5.74, 6) is 1.75. The maximum atomic E-state index is 12.6. The van der Waals surface area contributed by atoms with Gasteiger partial charge in [0.25, 0.3) is 5.91 Å². The number of carbonyl (C=O) groups is 2. The van der Waals surface area contributed by atoms with Crippen molar-refractivity contribution in [1.29, 1.82) is 0 Å². The zero-order chi connectivity index (χ0) is 19.1. The van der Waals surface area contributed by atoms with Crippen LogP contribution >= 0.6 is 11.8 Å². The van der Waals surface area contributed by atoms with Gasteiger partial charge in [-0.1, -0.05) is 42.0 Å². The molecule has 1 heterocycles. The molecule has 6 heteroatoms. The normalized spacial score (nSPS) is 16.6. The number of anilines is 1. The van der Waals surface area contributed by atoms with Crippen LogP contribution in [0.3, 0.4) is 0 Å². The Kier molecular flexibility index (Phi) is 6.90. The zero-order valence-electron chi connectivity index (χ0n) is 15.5. The van der Waals surface area contributed by atoms with E-state index in [4.69, 9.17) is 0 Å². The van der Waals surface area contributed by atoms with E-state index in [0.717, 1.165) is 23.6 Å². The van der Waals surface area contributed by atoms with Gasteiger partial charge in [-0.25, -0.2) is 0 Å². The van der Waals surface area contributed by atoms with Crippen LogP contribution in [0.2, 0.25) is 0 Å². The molecule has 1 atom stereocenters. The first-order valence-electron chi connectivity index (χ1n) is 9.15. The first-order valence-corrected chi connectivity index (χ1v) is 10.3. The fourth-order valence-corrected chi connectivity index (χ4v) is 3.90. The number of aryl methyl sites for hydroxylation is 1. The number of benzene rings is 2. The van der Waals surface area contributed by atoms with Crippen LogP contribution in [0, 0.1) is 6.92 Å². The lowest BCUT2D eigenvalue weighted by atomic mass is 10.1. The molecular formula is C21H25N3O2S. The quantitative estimate of drug-likeness (QED) is 0.717. The molecule has 0 radical (unpaired) electrons. The molecule has 1 aliphatic rings. The van der Waals surface area contributed by atoms with Crippen molar-refractivity contribution >= 4 is 29.3 Å². The zero-order valence-corrected chi connectivity index (χ0v) is 16.3. The van der Waals surface area contributed by atoms with E-state index in [1.165, 1.54) is 5.56 Å². The van der Waals surface area contributed by atoms with Crippen molar-refractivity contribution in [2.75, 3.05) is 23.4 Å². The summed E-state index contributed by atoms with van der Waals surface area (Å²) in [5.41, 5.74) is 3.25. The third-order valence-corrected chi connectivity index (χ3v) is 5.58. The van der Waals surface area contributed by atoms with Crippen molar-refractivity contribution in [3.05, 3.63) is 65.2 Å². The molecule has 1 fully saturated rings. The smallest absolute Gasteiger partial charge is 0.253 e. The molecule has 2 aromatic rings. The number of nitrogens with one attached hydrogen (secondary N) is 3. The second-order valence-corrected chi connectivity index (χ2v) is 7.84. The lowest BCUT2D eigenvalue weighted by molar-refractivity contribution is -0.116. The van der Waals surface area contributed by atoms with E-state index in [2.05, 4.69) is 16.0 Å². The Morgan fingerprint density at radius 2 is 1.93 bits per heavy atom. The minimum Gasteiger partial charge on any atom is -0.348 e. The number of para-hydroxylation sites is 1. The Morgan fingerprint density at radius 1 is 1.15 bits per heavy atom. The first-order chi connectivity index (χ1) is 13.1. The van der Waals surface area contributed by atoms with E-state index in [1.807, 2.05) is 49.0 Å². The van der Waals surface area contributed by atoms with Gasteiger partial charge in [-0.2, -0.15) is 11.8 Å². The lowest BCUT2D eigenvalue weighted by Crippen LogP contribution is -2.40. The summed E-state index contributed by atoms with van der Waals surface area (Å²) < 4.78 is 0.